The van der Waals surface area contributed by atoms with Gasteiger partial charge in [0.15, 0.2) is 0 Å². The molecule has 6 rings (SSSR count). The van der Waals surface area contributed by atoms with E-state index >= 15 is 0 Å². The number of hydrogen-bond donors (Lipinski definition) is 2. The first kappa shape index (κ1) is 34.1. The molecule has 1 saturated heterocycles. The lowest BCUT2D eigenvalue weighted by Gasteiger charge is -2.36. The number of benzene rings is 2. The number of amides is 1. The van der Waals surface area contributed by atoms with E-state index in [0.29, 0.717) is 23.1 Å². The summed E-state index contributed by atoms with van der Waals surface area (Å²) in [6, 6.07) is 19.3. The summed E-state index contributed by atoms with van der Waals surface area (Å²) in [4.78, 5) is 42.9. The molecule has 0 radical (unpaired) electrons. The maximum Gasteiger partial charge on any atom is 0.433 e. The second-order valence-corrected chi connectivity index (χ2v) is 12.2. The molecule has 1 aliphatic rings. The van der Waals surface area contributed by atoms with Crippen LogP contribution < -0.4 is 21.1 Å². The van der Waals surface area contributed by atoms with Gasteiger partial charge in [-0.05, 0) is 99.2 Å². The van der Waals surface area contributed by atoms with Crippen molar-refractivity contribution < 1.29 is 18.0 Å². The summed E-state index contributed by atoms with van der Waals surface area (Å²) < 4.78 is 39.6. The second kappa shape index (κ2) is 14.8. The molecule has 0 unspecified atom stereocenters. The second-order valence-electron chi connectivity index (χ2n) is 12.2. The van der Waals surface area contributed by atoms with E-state index < -0.39 is 23.3 Å². The summed E-state index contributed by atoms with van der Waals surface area (Å²) in [6.07, 6.45) is 1.98. The summed E-state index contributed by atoms with van der Waals surface area (Å²) in [5.74, 6) is 5.75. The molecule has 5 aromatic rings. The average Bonchev–Trinajstić information content (AvgIpc) is 3.11. The Kier molecular flexibility index (Phi) is 10.1. The third-order valence-corrected chi connectivity index (χ3v) is 8.65. The van der Waals surface area contributed by atoms with Crippen LogP contribution in [0.2, 0.25) is 0 Å². The van der Waals surface area contributed by atoms with E-state index in [1.54, 1.807) is 6.20 Å². The average molecular weight is 681 g/mol. The summed E-state index contributed by atoms with van der Waals surface area (Å²) >= 11 is 0. The zero-order valence-corrected chi connectivity index (χ0v) is 27.5. The maximum atomic E-state index is 12.9. The predicted molar refractivity (Wildman–Crippen MR) is 186 cm³/mol. The van der Waals surface area contributed by atoms with Crippen molar-refractivity contribution in [2.24, 2.45) is 0 Å². The first-order valence-corrected chi connectivity index (χ1v) is 16.1. The minimum absolute atomic E-state index is 0.0139. The zero-order valence-electron chi connectivity index (χ0n) is 27.5. The Hall–Kier alpha value is -5.74. The summed E-state index contributed by atoms with van der Waals surface area (Å²) in [7, 11) is 4.32. The number of nitrogens with one attached hydrogen (secondary N) is 2. The van der Waals surface area contributed by atoms with Crippen molar-refractivity contribution in [2.75, 3.05) is 43.9 Å². The van der Waals surface area contributed by atoms with Crippen molar-refractivity contribution >= 4 is 34.1 Å². The van der Waals surface area contributed by atoms with Crippen LogP contribution in [0.4, 0.5) is 30.5 Å². The van der Waals surface area contributed by atoms with E-state index in [-0.39, 0.29) is 18.7 Å². The van der Waals surface area contributed by atoms with Gasteiger partial charge in [0.1, 0.15) is 11.3 Å². The molecule has 1 aliphatic heterocycles. The van der Waals surface area contributed by atoms with Gasteiger partial charge < -0.3 is 25.0 Å². The Morgan fingerprint density at radius 1 is 1.02 bits per heavy atom. The number of alkyl halides is 3. The fraction of sp³-hybridized carbons (Fsp3) is 0.270. The van der Waals surface area contributed by atoms with Crippen LogP contribution in [0, 0.1) is 11.8 Å². The van der Waals surface area contributed by atoms with Crippen LogP contribution in [0.15, 0.2) is 90.1 Å². The highest BCUT2D eigenvalue weighted by Crippen LogP contribution is 2.27. The lowest BCUT2D eigenvalue weighted by Crippen LogP contribution is -2.41. The monoisotopic (exact) mass is 680 g/mol. The molecule has 10 nitrogen and oxygen atoms in total. The van der Waals surface area contributed by atoms with Gasteiger partial charge in [-0.15, -0.1) is 0 Å². The highest BCUT2D eigenvalue weighted by atomic mass is 19.4. The van der Waals surface area contributed by atoms with Gasteiger partial charge in [0, 0.05) is 54.0 Å². The molecule has 13 heteroatoms. The van der Waals surface area contributed by atoms with Crippen LogP contribution in [0.5, 0.6) is 0 Å². The minimum atomic E-state index is -4.56. The fourth-order valence-corrected chi connectivity index (χ4v) is 5.76. The number of piperidine rings is 1. The molecular weight excluding hydrogens is 645 g/mol. The summed E-state index contributed by atoms with van der Waals surface area (Å²) in [6.45, 7) is 2.17. The lowest BCUT2D eigenvalue weighted by molar-refractivity contribution is -0.141. The van der Waals surface area contributed by atoms with E-state index in [2.05, 4.69) is 73.5 Å². The predicted octanol–water partition coefficient (Wildman–Crippen LogP) is 5.31. The molecule has 0 aliphatic carbocycles. The van der Waals surface area contributed by atoms with Crippen molar-refractivity contribution in [1.29, 1.82) is 0 Å². The van der Waals surface area contributed by atoms with Crippen molar-refractivity contribution in [1.82, 2.24) is 29.7 Å². The Balaban J connectivity index is 1.03. The zero-order chi connectivity index (χ0) is 35.3. The molecule has 3 aromatic heterocycles. The maximum absolute atomic E-state index is 12.9. The van der Waals surface area contributed by atoms with Crippen molar-refractivity contribution in [3.05, 3.63) is 118 Å². The van der Waals surface area contributed by atoms with Gasteiger partial charge in [0.25, 0.3) is 11.5 Å². The number of nitrogens with zero attached hydrogens (tertiary/aromatic N) is 6. The lowest BCUT2D eigenvalue weighted by atomic mass is 10.0. The molecule has 4 heterocycles. The number of rotatable bonds is 8. The van der Waals surface area contributed by atoms with Gasteiger partial charge in [0.05, 0.1) is 18.6 Å². The van der Waals surface area contributed by atoms with Crippen LogP contribution in [-0.2, 0) is 12.7 Å². The number of pyridine rings is 2. The molecule has 50 heavy (non-hydrogen) atoms. The highest BCUT2D eigenvalue weighted by Gasteiger charge is 2.32. The highest BCUT2D eigenvalue weighted by molar-refractivity contribution is 5.94. The topological polar surface area (TPSA) is 108 Å². The first-order valence-electron chi connectivity index (χ1n) is 16.1. The number of hydrogen-bond acceptors (Lipinski definition) is 8. The number of fused-ring (bicyclic) bond motifs is 1. The third kappa shape index (κ3) is 8.27. The van der Waals surface area contributed by atoms with Gasteiger partial charge in [0.2, 0.25) is 5.95 Å². The molecule has 0 saturated carbocycles. The Morgan fingerprint density at radius 3 is 2.52 bits per heavy atom. The number of carbonyl (C=O) groups excluding carboxylic acids is 1. The smallest absolute Gasteiger partial charge is 0.372 e. The summed E-state index contributed by atoms with van der Waals surface area (Å²) in [5, 5.41) is 6.70. The molecule has 1 fully saturated rings. The van der Waals surface area contributed by atoms with Gasteiger partial charge in [-0.2, -0.15) is 13.2 Å². The molecule has 0 atom stereocenters. The van der Waals surface area contributed by atoms with Crippen molar-refractivity contribution in [3.8, 4) is 11.8 Å². The Labute approximate surface area is 287 Å². The van der Waals surface area contributed by atoms with Crippen LogP contribution in [0.1, 0.15) is 40.0 Å². The number of halogens is 3. The van der Waals surface area contributed by atoms with E-state index in [9.17, 15) is 22.8 Å². The van der Waals surface area contributed by atoms with Crippen LogP contribution in [-0.4, -0.2) is 70.1 Å². The number of anilines is 3. The first-order chi connectivity index (χ1) is 24.0. The molecule has 2 N–H and O–H groups in total. The van der Waals surface area contributed by atoms with Gasteiger partial charge in [-0.3, -0.25) is 14.6 Å². The molecule has 0 spiro atoms. The van der Waals surface area contributed by atoms with Crippen LogP contribution >= 0.6 is 0 Å². The van der Waals surface area contributed by atoms with Gasteiger partial charge in [-0.25, -0.2) is 9.97 Å². The molecule has 2 aromatic carbocycles. The Morgan fingerprint density at radius 2 is 1.80 bits per heavy atom. The van der Waals surface area contributed by atoms with Gasteiger partial charge in [-0.1, -0.05) is 17.9 Å². The van der Waals surface area contributed by atoms with Crippen molar-refractivity contribution in [2.45, 2.75) is 31.6 Å². The largest absolute Gasteiger partial charge is 0.433 e. The quantitative estimate of drug-likeness (QED) is 0.213. The number of likely N-dealkylation sites (tertiary alicyclic amines) is 1. The van der Waals surface area contributed by atoms with Crippen LogP contribution in [0.3, 0.4) is 0 Å². The standard InChI is InChI=1S/C37H35F3N8O2/c1-46-19-15-30(16-20-46)47(2)29-11-9-28(10-12-29)44-36-43-23-27-21-25(7-13-32(27)45-36)5-3-17-41-34(49)31-6-4-18-48(35(31)50)24-26-8-14-33(42-22-26)37(38,39)40/h4,6-14,18,21-23,30H,15-17,19-20,24H2,1-2H3,(H,41,49)(H,43,44,45). The Bertz CT molecular complexity index is 2100. The molecular formula is C37H35F3N8O2. The summed E-state index contributed by atoms with van der Waals surface area (Å²) in [5.41, 5.74) is 2.17. The van der Waals surface area contributed by atoms with Gasteiger partial charge >= 0.3 is 6.18 Å². The number of aromatic nitrogens is 4. The minimum Gasteiger partial charge on any atom is -0.372 e. The molecule has 0 bridgehead atoms. The third-order valence-electron chi connectivity index (χ3n) is 8.65. The SMILES string of the molecule is CN1CCC(N(C)c2ccc(Nc3ncc4cc(C#CCNC(=O)c5cccn(Cc6ccc(C(F)(F)F)nc6)c5=O)ccc4n3)cc2)CC1. The normalized spacial score (nSPS) is 13.8. The van der Waals surface area contributed by atoms with E-state index in [4.69, 9.17) is 0 Å². The fourth-order valence-electron chi connectivity index (χ4n) is 5.76. The van der Waals surface area contributed by atoms with E-state index in [1.807, 2.05) is 30.3 Å². The van der Waals surface area contributed by atoms with Crippen molar-refractivity contribution in [3.63, 3.8) is 0 Å². The number of carbonyl (C=O) groups is 1. The van der Waals surface area contributed by atoms with E-state index in [0.717, 1.165) is 54.8 Å². The molecule has 1 amide bonds. The van der Waals surface area contributed by atoms with E-state index in [1.165, 1.54) is 34.7 Å². The van der Waals surface area contributed by atoms with Crippen LogP contribution in [0.25, 0.3) is 10.9 Å². The molecule has 256 valence electrons.